The van der Waals surface area contributed by atoms with Crippen LogP contribution in [0.15, 0.2) is 58.1 Å². The molecule has 37 heavy (non-hydrogen) atoms. The van der Waals surface area contributed by atoms with Crippen LogP contribution in [0.25, 0.3) is 0 Å². The van der Waals surface area contributed by atoms with Crippen LogP contribution in [-0.4, -0.2) is 39.4 Å². The van der Waals surface area contributed by atoms with Crippen LogP contribution in [0.3, 0.4) is 0 Å². The van der Waals surface area contributed by atoms with Crippen molar-refractivity contribution in [2.75, 3.05) is 26.6 Å². The van der Waals surface area contributed by atoms with Gasteiger partial charge in [0.2, 0.25) is 0 Å². The first kappa shape index (κ1) is 28.1. The largest absolute Gasteiger partial charge is 0.497 e. The summed E-state index contributed by atoms with van der Waals surface area (Å²) >= 11 is 15.9. The Kier molecular flexibility index (Phi) is 10.0. The summed E-state index contributed by atoms with van der Waals surface area (Å²) < 4.78 is 22.2. The Bertz CT molecular complexity index is 1320. The van der Waals surface area contributed by atoms with Crippen LogP contribution in [0.1, 0.15) is 11.1 Å². The molecule has 0 spiro atoms. The van der Waals surface area contributed by atoms with Gasteiger partial charge in [0, 0.05) is 21.7 Å². The maximum absolute atomic E-state index is 12.3. The predicted octanol–water partition coefficient (Wildman–Crippen LogP) is 5.45. The molecule has 194 valence electrons. The lowest BCUT2D eigenvalue weighted by atomic mass is 10.2. The van der Waals surface area contributed by atoms with Gasteiger partial charge in [0.05, 0.1) is 37.7 Å². The minimum Gasteiger partial charge on any atom is -0.497 e. The summed E-state index contributed by atoms with van der Waals surface area (Å²) in [4.78, 5) is 24.5. The number of hydrogen-bond acceptors (Lipinski definition) is 7. The number of nitrogens with zero attached hydrogens (tertiary/aromatic N) is 1. The molecule has 0 saturated heterocycles. The van der Waals surface area contributed by atoms with Crippen LogP contribution in [0, 0.1) is 0 Å². The SMILES string of the molecule is COc1ccc(NC(=O)C(=O)N/N=C/c2cc(Br)c(OCc3c(Cl)cccc3Cl)c(OC)c2)c(OC)c1. The Labute approximate surface area is 231 Å². The van der Waals surface area contributed by atoms with Gasteiger partial charge in [0.1, 0.15) is 18.1 Å². The van der Waals surface area contributed by atoms with Gasteiger partial charge in [-0.1, -0.05) is 29.3 Å². The summed E-state index contributed by atoms with van der Waals surface area (Å²) in [6.45, 7) is 0.116. The van der Waals surface area contributed by atoms with Gasteiger partial charge in [-0.3, -0.25) is 9.59 Å². The van der Waals surface area contributed by atoms with Crippen molar-refractivity contribution in [1.82, 2.24) is 5.43 Å². The summed E-state index contributed by atoms with van der Waals surface area (Å²) in [5.41, 5.74) is 3.68. The average Bonchev–Trinajstić information content (AvgIpc) is 2.89. The number of hydrazone groups is 1. The van der Waals surface area contributed by atoms with Crippen LogP contribution >= 0.6 is 39.1 Å². The molecule has 2 amide bonds. The van der Waals surface area contributed by atoms with E-state index >= 15 is 0 Å². The van der Waals surface area contributed by atoms with Crippen LogP contribution in [0.5, 0.6) is 23.0 Å². The molecule has 0 bridgehead atoms. The lowest BCUT2D eigenvalue weighted by Crippen LogP contribution is -2.32. The third-order valence-electron chi connectivity index (χ3n) is 4.92. The third kappa shape index (κ3) is 7.28. The molecule has 3 aromatic carbocycles. The number of methoxy groups -OCH3 is 3. The summed E-state index contributed by atoms with van der Waals surface area (Å²) in [6.07, 6.45) is 1.35. The van der Waals surface area contributed by atoms with E-state index in [4.69, 9.17) is 42.1 Å². The number of benzene rings is 3. The molecule has 3 rings (SSSR count). The monoisotopic (exact) mass is 609 g/mol. The van der Waals surface area contributed by atoms with E-state index in [0.29, 0.717) is 54.3 Å². The first-order chi connectivity index (χ1) is 17.8. The zero-order valence-corrected chi connectivity index (χ0v) is 23.0. The predicted molar refractivity (Wildman–Crippen MR) is 145 cm³/mol. The quantitative estimate of drug-likeness (QED) is 0.190. The van der Waals surface area contributed by atoms with E-state index in [9.17, 15) is 9.59 Å². The van der Waals surface area contributed by atoms with E-state index in [1.165, 1.54) is 27.5 Å². The van der Waals surface area contributed by atoms with E-state index in [1.54, 1.807) is 48.5 Å². The molecule has 0 atom stereocenters. The molecule has 0 heterocycles. The molecule has 0 aromatic heterocycles. The number of carbonyl (C=O) groups is 2. The van der Waals surface area contributed by atoms with Crippen LogP contribution < -0.4 is 29.7 Å². The molecule has 0 radical (unpaired) electrons. The summed E-state index contributed by atoms with van der Waals surface area (Å²) in [5, 5.41) is 7.28. The molecule has 2 N–H and O–H groups in total. The maximum atomic E-state index is 12.3. The Morgan fingerprint density at radius 2 is 1.65 bits per heavy atom. The third-order valence-corrected chi connectivity index (χ3v) is 6.21. The van der Waals surface area contributed by atoms with Gasteiger partial charge in [-0.15, -0.1) is 0 Å². The van der Waals surface area contributed by atoms with Gasteiger partial charge in [0.15, 0.2) is 11.5 Å². The van der Waals surface area contributed by atoms with Crippen molar-refractivity contribution in [2.45, 2.75) is 6.61 Å². The minimum absolute atomic E-state index is 0.116. The number of amides is 2. The Morgan fingerprint density at radius 3 is 2.30 bits per heavy atom. The van der Waals surface area contributed by atoms with Crippen LogP contribution in [0.2, 0.25) is 10.0 Å². The van der Waals surface area contributed by atoms with E-state index in [-0.39, 0.29) is 6.61 Å². The number of anilines is 1. The highest BCUT2D eigenvalue weighted by molar-refractivity contribution is 9.10. The van der Waals surface area contributed by atoms with Crippen molar-refractivity contribution in [3.05, 3.63) is 74.2 Å². The first-order valence-corrected chi connectivity index (χ1v) is 12.1. The lowest BCUT2D eigenvalue weighted by molar-refractivity contribution is -0.136. The van der Waals surface area contributed by atoms with Gasteiger partial charge < -0.3 is 24.3 Å². The number of carbonyl (C=O) groups excluding carboxylic acids is 2. The molecule has 3 aromatic rings. The molecule has 0 unspecified atom stereocenters. The second-order valence-corrected chi connectivity index (χ2v) is 8.91. The van der Waals surface area contributed by atoms with Crippen LogP contribution in [-0.2, 0) is 16.2 Å². The van der Waals surface area contributed by atoms with Crippen LogP contribution in [0.4, 0.5) is 5.69 Å². The summed E-state index contributed by atoms with van der Waals surface area (Å²) in [5.74, 6) is -0.213. The standard InChI is InChI=1S/C25H22BrCl2N3O6/c1-34-15-7-8-20(21(11-15)35-2)30-24(32)25(33)31-29-12-14-9-17(26)23(22(10-14)36-3)37-13-16-18(27)5-4-6-19(16)28/h4-12H,13H2,1-3H3,(H,30,32)(H,31,33)/b29-12+. The fourth-order valence-corrected chi connectivity index (χ4v) is 4.15. The maximum Gasteiger partial charge on any atom is 0.329 e. The number of hydrogen-bond donors (Lipinski definition) is 2. The molecule has 0 aliphatic heterocycles. The molecule has 12 heteroatoms. The molecule has 0 saturated carbocycles. The second-order valence-electron chi connectivity index (χ2n) is 7.24. The van der Waals surface area contributed by atoms with Gasteiger partial charge in [-0.2, -0.15) is 5.10 Å². The molecule has 9 nitrogen and oxygen atoms in total. The van der Waals surface area contributed by atoms with Gasteiger partial charge >= 0.3 is 11.8 Å². The Balaban J connectivity index is 1.65. The second kappa shape index (κ2) is 13.2. The highest BCUT2D eigenvalue weighted by Crippen LogP contribution is 2.38. The number of halogens is 3. The van der Waals surface area contributed by atoms with Gasteiger partial charge in [0.25, 0.3) is 0 Å². The zero-order chi connectivity index (χ0) is 26.9. The van der Waals surface area contributed by atoms with E-state index in [1.807, 2.05) is 0 Å². The molecular weight excluding hydrogens is 589 g/mol. The number of ether oxygens (including phenoxy) is 4. The number of nitrogens with one attached hydrogen (secondary N) is 2. The fraction of sp³-hybridized carbons (Fsp3) is 0.160. The van der Waals surface area contributed by atoms with E-state index in [0.717, 1.165) is 0 Å². The van der Waals surface area contributed by atoms with Crippen molar-refractivity contribution in [3.63, 3.8) is 0 Å². The highest BCUT2D eigenvalue weighted by Gasteiger charge is 2.17. The number of rotatable bonds is 9. The van der Waals surface area contributed by atoms with Crippen molar-refractivity contribution in [1.29, 1.82) is 0 Å². The smallest absolute Gasteiger partial charge is 0.329 e. The zero-order valence-electron chi connectivity index (χ0n) is 19.9. The Hall–Kier alpha value is -3.47. The van der Waals surface area contributed by atoms with Crippen molar-refractivity contribution in [3.8, 4) is 23.0 Å². The van der Waals surface area contributed by atoms with Crippen molar-refractivity contribution in [2.24, 2.45) is 5.10 Å². The van der Waals surface area contributed by atoms with Gasteiger partial charge in [-0.25, -0.2) is 5.43 Å². The van der Waals surface area contributed by atoms with Crippen molar-refractivity contribution < 1.29 is 28.5 Å². The minimum atomic E-state index is -0.975. The molecule has 0 fully saturated rings. The molecule has 0 aliphatic rings. The van der Waals surface area contributed by atoms with Gasteiger partial charge in [-0.05, 0) is 57.9 Å². The van der Waals surface area contributed by atoms with E-state index in [2.05, 4.69) is 31.8 Å². The highest BCUT2D eigenvalue weighted by atomic mass is 79.9. The summed E-state index contributed by atoms with van der Waals surface area (Å²) in [6, 6.07) is 13.3. The lowest BCUT2D eigenvalue weighted by Gasteiger charge is -2.14. The fourth-order valence-electron chi connectivity index (χ4n) is 3.07. The van der Waals surface area contributed by atoms with Crippen molar-refractivity contribution >= 4 is 62.8 Å². The van der Waals surface area contributed by atoms with E-state index < -0.39 is 11.8 Å². The average molecular weight is 611 g/mol. The Morgan fingerprint density at radius 1 is 0.946 bits per heavy atom. The summed E-state index contributed by atoms with van der Waals surface area (Å²) in [7, 11) is 4.42. The topological polar surface area (TPSA) is 107 Å². The molecular formula is C25H22BrCl2N3O6. The normalized spacial score (nSPS) is 10.6. The first-order valence-electron chi connectivity index (χ1n) is 10.6. The molecule has 0 aliphatic carbocycles.